The maximum atomic E-state index is 11.2. The summed E-state index contributed by atoms with van der Waals surface area (Å²) in [6.45, 7) is 0. The summed E-state index contributed by atoms with van der Waals surface area (Å²) < 4.78 is 0. The van der Waals surface area contributed by atoms with E-state index in [9.17, 15) is 24.9 Å². The number of phenols is 3. The summed E-state index contributed by atoms with van der Waals surface area (Å²) in [5, 5.41) is 31.1. The minimum atomic E-state index is -0.781. The average molecular weight is 348 g/mol. The van der Waals surface area contributed by atoms with Gasteiger partial charge in [0.2, 0.25) is 0 Å². The van der Waals surface area contributed by atoms with Crippen LogP contribution >= 0.6 is 0 Å². The van der Waals surface area contributed by atoms with E-state index < -0.39 is 5.92 Å². The van der Waals surface area contributed by atoms with Gasteiger partial charge in [0.25, 0.3) is 0 Å². The molecule has 0 saturated heterocycles. The molecule has 0 aliphatic rings. The maximum absolute atomic E-state index is 11.2. The van der Waals surface area contributed by atoms with Crippen molar-refractivity contribution in [1.82, 2.24) is 0 Å². The van der Waals surface area contributed by atoms with Gasteiger partial charge in [-0.1, -0.05) is 18.2 Å². The fourth-order valence-corrected chi connectivity index (χ4v) is 2.99. The van der Waals surface area contributed by atoms with Gasteiger partial charge >= 0.3 is 0 Å². The highest BCUT2D eigenvalue weighted by Crippen LogP contribution is 2.43. The first kappa shape index (κ1) is 17.2. The summed E-state index contributed by atoms with van der Waals surface area (Å²) >= 11 is 0. The molecule has 0 unspecified atom stereocenters. The Morgan fingerprint density at radius 1 is 0.615 bits per heavy atom. The molecule has 0 amide bonds. The highest BCUT2D eigenvalue weighted by molar-refractivity contribution is 5.78. The van der Waals surface area contributed by atoms with Crippen molar-refractivity contribution in [3.05, 3.63) is 88.5 Å². The molecule has 0 bridgehead atoms. The van der Waals surface area contributed by atoms with E-state index in [-0.39, 0.29) is 17.2 Å². The summed E-state index contributed by atoms with van der Waals surface area (Å²) in [6.07, 6.45) is 1.29. The van der Waals surface area contributed by atoms with Gasteiger partial charge in [-0.05, 0) is 42.5 Å². The number of hydrogen-bond donors (Lipinski definition) is 3. The first-order valence-corrected chi connectivity index (χ1v) is 7.89. The summed E-state index contributed by atoms with van der Waals surface area (Å²) in [5.41, 5.74) is 1.75. The predicted molar refractivity (Wildman–Crippen MR) is 96.0 cm³/mol. The number of rotatable bonds is 5. The zero-order chi connectivity index (χ0) is 18.7. The van der Waals surface area contributed by atoms with Crippen LogP contribution in [0.3, 0.4) is 0 Å². The first-order chi connectivity index (χ1) is 12.5. The molecule has 0 aromatic heterocycles. The Labute approximate surface area is 149 Å². The monoisotopic (exact) mass is 348 g/mol. The molecule has 0 saturated carbocycles. The molecule has 0 radical (unpaired) electrons. The van der Waals surface area contributed by atoms with Gasteiger partial charge < -0.3 is 15.3 Å². The van der Waals surface area contributed by atoms with Crippen LogP contribution in [0.25, 0.3) is 0 Å². The Morgan fingerprint density at radius 2 is 1.08 bits per heavy atom. The fraction of sp³-hybridized carbons (Fsp3) is 0.0476. The lowest BCUT2D eigenvalue weighted by Crippen LogP contribution is -2.06. The standard InChI is InChI=1S/C21H16O5/c22-11-13-5-7-19(25)16(9-13)21(15-3-1-2-4-18(15)24)17-10-14(12-23)6-8-20(17)26/h1-12,21,24-26H. The summed E-state index contributed by atoms with van der Waals surface area (Å²) in [7, 11) is 0. The van der Waals surface area contributed by atoms with Crippen LogP contribution in [-0.4, -0.2) is 27.9 Å². The van der Waals surface area contributed by atoms with E-state index in [0.29, 0.717) is 40.4 Å². The Bertz CT molecular complexity index is 920. The molecule has 3 rings (SSSR count). The second-order valence-corrected chi connectivity index (χ2v) is 5.86. The van der Waals surface area contributed by atoms with Crippen LogP contribution in [0, 0.1) is 0 Å². The lowest BCUT2D eigenvalue weighted by molar-refractivity contribution is 0.111. The van der Waals surface area contributed by atoms with Crippen molar-refractivity contribution in [2.24, 2.45) is 0 Å². The quantitative estimate of drug-likeness (QED) is 0.484. The predicted octanol–water partition coefficient (Wildman–Crippen LogP) is 3.61. The number of carbonyl (C=O) groups excluding carboxylic acids is 2. The van der Waals surface area contributed by atoms with Crippen molar-refractivity contribution < 1.29 is 24.9 Å². The Balaban J connectivity index is 2.33. The molecular formula is C21H16O5. The van der Waals surface area contributed by atoms with Crippen LogP contribution < -0.4 is 0 Å². The third-order valence-corrected chi connectivity index (χ3v) is 4.25. The van der Waals surface area contributed by atoms with Gasteiger partial charge in [-0.25, -0.2) is 0 Å². The average Bonchev–Trinajstić information content (AvgIpc) is 2.66. The van der Waals surface area contributed by atoms with Gasteiger partial charge in [-0.15, -0.1) is 0 Å². The van der Waals surface area contributed by atoms with Crippen molar-refractivity contribution in [1.29, 1.82) is 0 Å². The van der Waals surface area contributed by atoms with Crippen molar-refractivity contribution in [2.45, 2.75) is 5.92 Å². The zero-order valence-electron chi connectivity index (χ0n) is 13.7. The van der Waals surface area contributed by atoms with E-state index >= 15 is 0 Å². The lowest BCUT2D eigenvalue weighted by atomic mass is 9.82. The van der Waals surface area contributed by atoms with Crippen LogP contribution in [0.5, 0.6) is 17.2 Å². The van der Waals surface area contributed by atoms with E-state index in [1.807, 2.05) is 0 Å². The molecule has 5 heteroatoms. The van der Waals surface area contributed by atoms with E-state index in [1.165, 1.54) is 42.5 Å². The molecule has 5 nitrogen and oxygen atoms in total. The van der Waals surface area contributed by atoms with Crippen molar-refractivity contribution in [3.63, 3.8) is 0 Å². The number of phenolic OH excluding ortho intramolecular Hbond substituents is 3. The van der Waals surface area contributed by atoms with Crippen LogP contribution in [0.2, 0.25) is 0 Å². The number of benzene rings is 3. The molecular weight excluding hydrogens is 332 g/mol. The lowest BCUT2D eigenvalue weighted by Gasteiger charge is -2.22. The van der Waals surface area contributed by atoms with E-state index in [0.717, 1.165) is 0 Å². The van der Waals surface area contributed by atoms with Gasteiger partial charge in [0, 0.05) is 33.7 Å². The number of carbonyl (C=O) groups is 2. The minimum Gasteiger partial charge on any atom is -0.508 e. The minimum absolute atomic E-state index is 0.0377. The van der Waals surface area contributed by atoms with Crippen LogP contribution in [0.1, 0.15) is 43.3 Å². The topological polar surface area (TPSA) is 94.8 Å². The second kappa shape index (κ2) is 7.11. The number of aromatic hydroxyl groups is 3. The van der Waals surface area contributed by atoms with E-state index in [1.54, 1.807) is 18.2 Å². The van der Waals surface area contributed by atoms with Gasteiger partial charge in [0.05, 0.1) is 0 Å². The molecule has 0 aliphatic carbocycles. The Hall–Kier alpha value is -3.60. The van der Waals surface area contributed by atoms with Crippen LogP contribution in [0.4, 0.5) is 0 Å². The third kappa shape index (κ3) is 3.15. The normalized spacial score (nSPS) is 10.7. The fourth-order valence-electron chi connectivity index (χ4n) is 2.99. The molecule has 0 spiro atoms. The molecule has 3 N–H and O–H groups in total. The molecule has 0 heterocycles. The largest absolute Gasteiger partial charge is 0.508 e. The van der Waals surface area contributed by atoms with Crippen molar-refractivity contribution in [2.75, 3.05) is 0 Å². The highest BCUT2D eigenvalue weighted by Gasteiger charge is 2.25. The third-order valence-electron chi connectivity index (χ3n) is 4.25. The number of hydrogen-bond acceptors (Lipinski definition) is 5. The van der Waals surface area contributed by atoms with E-state index in [2.05, 4.69) is 0 Å². The molecule has 26 heavy (non-hydrogen) atoms. The molecule has 130 valence electrons. The number of aldehydes is 2. The van der Waals surface area contributed by atoms with Gasteiger partial charge in [-0.3, -0.25) is 9.59 Å². The van der Waals surface area contributed by atoms with Crippen LogP contribution in [0.15, 0.2) is 60.7 Å². The van der Waals surface area contributed by atoms with E-state index in [4.69, 9.17) is 0 Å². The maximum Gasteiger partial charge on any atom is 0.150 e. The van der Waals surface area contributed by atoms with Gasteiger partial charge in [-0.2, -0.15) is 0 Å². The van der Waals surface area contributed by atoms with Gasteiger partial charge in [0.15, 0.2) is 0 Å². The van der Waals surface area contributed by atoms with Crippen molar-refractivity contribution >= 4 is 12.6 Å². The van der Waals surface area contributed by atoms with Gasteiger partial charge in [0.1, 0.15) is 29.8 Å². The Kier molecular flexibility index (Phi) is 4.71. The van der Waals surface area contributed by atoms with Crippen LogP contribution in [-0.2, 0) is 0 Å². The highest BCUT2D eigenvalue weighted by atomic mass is 16.3. The molecule has 0 fully saturated rings. The molecule has 0 atom stereocenters. The smallest absolute Gasteiger partial charge is 0.150 e. The number of para-hydroxylation sites is 1. The summed E-state index contributed by atoms with van der Waals surface area (Å²) in [6, 6.07) is 15.2. The molecule has 3 aromatic carbocycles. The Morgan fingerprint density at radius 3 is 1.54 bits per heavy atom. The summed E-state index contributed by atoms with van der Waals surface area (Å²) in [5.74, 6) is -1.01. The summed E-state index contributed by atoms with van der Waals surface area (Å²) in [4.78, 5) is 22.3. The second-order valence-electron chi connectivity index (χ2n) is 5.86. The SMILES string of the molecule is O=Cc1ccc(O)c(C(c2ccccc2O)c2cc(C=O)ccc2O)c1. The zero-order valence-corrected chi connectivity index (χ0v) is 13.7. The molecule has 3 aromatic rings. The first-order valence-electron chi connectivity index (χ1n) is 7.89. The van der Waals surface area contributed by atoms with Crippen molar-refractivity contribution in [3.8, 4) is 17.2 Å². The molecule has 0 aliphatic heterocycles.